The van der Waals surface area contributed by atoms with E-state index in [0.717, 1.165) is 10.0 Å². The number of halogens is 4. The highest BCUT2D eigenvalue weighted by molar-refractivity contribution is 9.10. The molecule has 2 aromatic rings. The van der Waals surface area contributed by atoms with E-state index in [1.807, 2.05) is 6.07 Å². The third-order valence-corrected chi connectivity index (χ3v) is 3.35. The summed E-state index contributed by atoms with van der Waals surface area (Å²) in [5, 5.41) is 2.57. The van der Waals surface area contributed by atoms with Crippen LogP contribution in [0.5, 0.6) is 0 Å². The van der Waals surface area contributed by atoms with Crippen LogP contribution in [0.3, 0.4) is 0 Å². The van der Waals surface area contributed by atoms with Crippen LogP contribution in [0.15, 0.2) is 59.1 Å². The smallest absolute Gasteiger partial charge is 0.298 e. The van der Waals surface area contributed by atoms with Crippen molar-refractivity contribution in [3.05, 3.63) is 70.2 Å². The molecule has 0 aliphatic carbocycles. The van der Waals surface area contributed by atoms with E-state index in [-0.39, 0.29) is 12.1 Å². The highest BCUT2D eigenvalue weighted by Gasteiger charge is 2.40. The summed E-state index contributed by atoms with van der Waals surface area (Å²) in [6, 6.07) is 13.4. The van der Waals surface area contributed by atoms with Crippen LogP contribution < -0.4 is 5.32 Å². The van der Waals surface area contributed by atoms with Crippen LogP contribution in [-0.2, 0) is 6.54 Å². The van der Waals surface area contributed by atoms with Crippen LogP contribution in [0, 0.1) is 0 Å². The van der Waals surface area contributed by atoms with E-state index in [0.29, 0.717) is 0 Å². The zero-order valence-electron chi connectivity index (χ0n) is 10.5. The molecule has 1 unspecified atom stereocenters. The Morgan fingerprint density at radius 3 is 2.30 bits per heavy atom. The summed E-state index contributed by atoms with van der Waals surface area (Å²) >= 11 is 3.30. The molecular weight excluding hydrogens is 331 g/mol. The zero-order valence-corrected chi connectivity index (χ0v) is 12.1. The molecule has 0 bridgehead atoms. The van der Waals surface area contributed by atoms with E-state index in [1.165, 1.54) is 12.1 Å². The largest absolute Gasteiger partial charge is 0.407 e. The second-order valence-electron chi connectivity index (χ2n) is 4.40. The van der Waals surface area contributed by atoms with Gasteiger partial charge in [0.25, 0.3) is 0 Å². The van der Waals surface area contributed by atoms with Gasteiger partial charge in [-0.25, -0.2) is 0 Å². The number of alkyl halides is 3. The van der Waals surface area contributed by atoms with Crippen molar-refractivity contribution < 1.29 is 13.2 Å². The third-order valence-electron chi connectivity index (χ3n) is 2.86. The number of hydrogen-bond acceptors (Lipinski definition) is 1. The lowest BCUT2D eigenvalue weighted by molar-refractivity contribution is -0.158. The van der Waals surface area contributed by atoms with Crippen molar-refractivity contribution in [2.45, 2.75) is 18.8 Å². The summed E-state index contributed by atoms with van der Waals surface area (Å²) < 4.78 is 40.2. The van der Waals surface area contributed by atoms with E-state index in [4.69, 9.17) is 0 Å². The molecule has 2 aromatic carbocycles. The van der Waals surface area contributed by atoms with Gasteiger partial charge in [-0.2, -0.15) is 13.2 Å². The fourth-order valence-electron chi connectivity index (χ4n) is 1.93. The zero-order chi connectivity index (χ0) is 14.6. The standard InChI is InChI=1S/C15H13BrF3N/c16-13-8-4-5-11(9-13)10-20-14(15(17,18)19)12-6-2-1-3-7-12/h1-9,14,20H,10H2. The third kappa shape index (κ3) is 4.08. The van der Waals surface area contributed by atoms with E-state index < -0.39 is 12.2 Å². The predicted octanol–water partition coefficient (Wildman–Crippen LogP) is 4.84. The SMILES string of the molecule is FC(F)(F)C(NCc1cccc(Br)c1)c1ccccc1. The lowest BCUT2D eigenvalue weighted by atomic mass is 10.1. The summed E-state index contributed by atoms with van der Waals surface area (Å²) in [5.41, 5.74) is 1.01. The molecule has 0 heterocycles. The quantitative estimate of drug-likeness (QED) is 0.837. The summed E-state index contributed by atoms with van der Waals surface area (Å²) in [4.78, 5) is 0. The number of nitrogens with one attached hydrogen (secondary N) is 1. The van der Waals surface area contributed by atoms with Gasteiger partial charge in [-0.1, -0.05) is 58.4 Å². The van der Waals surface area contributed by atoms with Gasteiger partial charge in [-0.15, -0.1) is 0 Å². The monoisotopic (exact) mass is 343 g/mol. The van der Waals surface area contributed by atoms with Crippen molar-refractivity contribution in [2.75, 3.05) is 0 Å². The van der Waals surface area contributed by atoms with Crippen molar-refractivity contribution in [1.29, 1.82) is 0 Å². The fourth-order valence-corrected chi connectivity index (χ4v) is 2.38. The van der Waals surface area contributed by atoms with Gasteiger partial charge in [-0.3, -0.25) is 5.32 Å². The number of benzene rings is 2. The minimum Gasteiger partial charge on any atom is -0.298 e. The van der Waals surface area contributed by atoms with Crippen molar-refractivity contribution in [3.63, 3.8) is 0 Å². The molecule has 2 rings (SSSR count). The van der Waals surface area contributed by atoms with Crippen molar-refractivity contribution >= 4 is 15.9 Å². The van der Waals surface area contributed by atoms with Gasteiger partial charge in [0.05, 0.1) is 0 Å². The van der Waals surface area contributed by atoms with E-state index in [9.17, 15) is 13.2 Å². The van der Waals surface area contributed by atoms with Gasteiger partial charge in [-0.05, 0) is 23.3 Å². The van der Waals surface area contributed by atoms with Gasteiger partial charge in [0.2, 0.25) is 0 Å². The Kier molecular flexibility index (Phi) is 4.83. The first-order valence-corrected chi connectivity index (χ1v) is 6.85. The first-order chi connectivity index (χ1) is 9.47. The summed E-state index contributed by atoms with van der Waals surface area (Å²) in [5.74, 6) is 0. The van der Waals surface area contributed by atoms with Gasteiger partial charge in [0.1, 0.15) is 6.04 Å². The van der Waals surface area contributed by atoms with Gasteiger partial charge in [0.15, 0.2) is 0 Å². The molecule has 20 heavy (non-hydrogen) atoms. The van der Waals surface area contributed by atoms with Gasteiger partial charge < -0.3 is 0 Å². The Morgan fingerprint density at radius 2 is 1.70 bits per heavy atom. The Labute approximate surface area is 123 Å². The molecule has 0 aliphatic rings. The van der Waals surface area contributed by atoms with Gasteiger partial charge in [0, 0.05) is 11.0 Å². The molecule has 1 nitrogen and oxygen atoms in total. The first-order valence-electron chi connectivity index (χ1n) is 6.06. The van der Waals surface area contributed by atoms with Crippen LogP contribution in [0.2, 0.25) is 0 Å². The lowest BCUT2D eigenvalue weighted by Gasteiger charge is -2.22. The van der Waals surface area contributed by atoms with Crippen LogP contribution in [-0.4, -0.2) is 6.18 Å². The molecule has 0 amide bonds. The lowest BCUT2D eigenvalue weighted by Crippen LogP contribution is -2.33. The Hall–Kier alpha value is -1.33. The summed E-state index contributed by atoms with van der Waals surface area (Å²) in [6.45, 7) is 0.151. The van der Waals surface area contributed by atoms with Crippen molar-refractivity contribution in [1.82, 2.24) is 5.32 Å². The summed E-state index contributed by atoms with van der Waals surface area (Å²) in [6.07, 6.45) is -4.33. The van der Waals surface area contributed by atoms with Crippen molar-refractivity contribution in [2.24, 2.45) is 0 Å². The first kappa shape index (κ1) is 15.1. The molecule has 0 aliphatic heterocycles. The second kappa shape index (κ2) is 6.41. The molecule has 1 N–H and O–H groups in total. The van der Waals surface area contributed by atoms with Crippen LogP contribution in [0.1, 0.15) is 17.2 Å². The highest BCUT2D eigenvalue weighted by Crippen LogP contribution is 2.32. The molecular formula is C15H13BrF3N. The highest BCUT2D eigenvalue weighted by atomic mass is 79.9. The van der Waals surface area contributed by atoms with Crippen LogP contribution >= 0.6 is 15.9 Å². The minimum absolute atomic E-state index is 0.151. The van der Waals surface area contributed by atoms with E-state index in [2.05, 4.69) is 21.2 Å². The van der Waals surface area contributed by atoms with Crippen molar-refractivity contribution in [3.8, 4) is 0 Å². The van der Waals surface area contributed by atoms with Gasteiger partial charge >= 0.3 is 6.18 Å². The molecule has 5 heteroatoms. The topological polar surface area (TPSA) is 12.0 Å². The average molecular weight is 344 g/mol. The van der Waals surface area contributed by atoms with Crippen LogP contribution in [0.25, 0.3) is 0 Å². The Balaban J connectivity index is 2.14. The van der Waals surface area contributed by atoms with Crippen LogP contribution in [0.4, 0.5) is 13.2 Å². The molecule has 0 radical (unpaired) electrons. The molecule has 106 valence electrons. The fraction of sp³-hybridized carbons (Fsp3) is 0.200. The summed E-state index contributed by atoms with van der Waals surface area (Å²) in [7, 11) is 0. The average Bonchev–Trinajstić information content (AvgIpc) is 2.39. The number of hydrogen-bond donors (Lipinski definition) is 1. The normalized spacial score (nSPS) is 13.2. The molecule has 0 fully saturated rings. The molecule has 1 atom stereocenters. The predicted molar refractivity (Wildman–Crippen MR) is 76.2 cm³/mol. The second-order valence-corrected chi connectivity index (χ2v) is 5.31. The molecule has 0 saturated heterocycles. The maximum Gasteiger partial charge on any atom is 0.407 e. The molecule has 0 aromatic heterocycles. The van der Waals surface area contributed by atoms with E-state index >= 15 is 0 Å². The number of rotatable bonds is 4. The molecule has 0 saturated carbocycles. The van der Waals surface area contributed by atoms with E-state index in [1.54, 1.807) is 36.4 Å². The Morgan fingerprint density at radius 1 is 1.00 bits per heavy atom. The Bertz CT molecular complexity index is 555. The maximum atomic E-state index is 13.1. The maximum absolute atomic E-state index is 13.1. The minimum atomic E-state index is -4.33. The molecule has 0 spiro atoms.